The Labute approximate surface area is 140 Å². The monoisotopic (exact) mass is 317 g/mol. The quantitative estimate of drug-likeness (QED) is 0.922. The van der Waals surface area contributed by atoms with E-state index in [-0.39, 0.29) is 17.0 Å². The van der Waals surface area contributed by atoms with Gasteiger partial charge in [0.15, 0.2) is 0 Å². The molecule has 2 amide bonds. The van der Waals surface area contributed by atoms with Crippen LogP contribution in [0, 0.1) is 5.41 Å². The summed E-state index contributed by atoms with van der Waals surface area (Å²) in [6.45, 7) is 14.2. The molecule has 1 aromatic carbocycles. The van der Waals surface area contributed by atoms with E-state index in [1.165, 1.54) is 5.69 Å². The summed E-state index contributed by atoms with van der Waals surface area (Å²) < 4.78 is 0. The molecule has 0 bridgehead atoms. The number of nitrogens with zero attached hydrogens (tertiary/aromatic N) is 2. The standard InChI is InChI=1S/C19H31N3O/c1-18(2,3)15-19(4,5)20-17(23)22-13-11-21(12-14-22)16-9-7-6-8-10-16/h6-10H,11-15H2,1-5H3,(H,20,23). The second-order valence-corrected chi connectivity index (χ2v) is 8.36. The lowest BCUT2D eigenvalue weighted by Crippen LogP contribution is -2.56. The number of hydrogen-bond donors (Lipinski definition) is 1. The first-order valence-electron chi connectivity index (χ1n) is 8.53. The highest BCUT2D eigenvalue weighted by Crippen LogP contribution is 2.27. The summed E-state index contributed by atoms with van der Waals surface area (Å²) in [7, 11) is 0. The minimum absolute atomic E-state index is 0.0620. The first-order valence-corrected chi connectivity index (χ1v) is 8.53. The fourth-order valence-electron chi connectivity index (χ4n) is 3.55. The van der Waals surface area contributed by atoms with Gasteiger partial charge in [-0.3, -0.25) is 0 Å². The van der Waals surface area contributed by atoms with Gasteiger partial charge < -0.3 is 15.1 Å². The predicted molar refractivity (Wildman–Crippen MR) is 96.9 cm³/mol. The number of benzene rings is 1. The zero-order valence-corrected chi connectivity index (χ0v) is 15.2. The number of hydrogen-bond acceptors (Lipinski definition) is 2. The summed E-state index contributed by atoms with van der Waals surface area (Å²) in [5, 5.41) is 3.21. The summed E-state index contributed by atoms with van der Waals surface area (Å²) in [5.74, 6) is 0. The summed E-state index contributed by atoms with van der Waals surface area (Å²) in [6, 6.07) is 10.5. The van der Waals surface area contributed by atoms with E-state index in [2.05, 4.69) is 69.1 Å². The van der Waals surface area contributed by atoms with Crippen molar-refractivity contribution in [2.75, 3.05) is 31.1 Å². The maximum atomic E-state index is 12.5. The molecule has 0 aliphatic carbocycles. The van der Waals surface area contributed by atoms with E-state index in [0.29, 0.717) is 0 Å². The number of para-hydroxylation sites is 1. The average molecular weight is 317 g/mol. The Morgan fingerprint density at radius 1 is 1.00 bits per heavy atom. The molecule has 0 spiro atoms. The lowest BCUT2D eigenvalue weighted by Gasteiger charge is -2.39. The molecule has 0 radical (unpaired) electrons. The Bertz CT molecular complexity index is 511. The van der Waals surface area contributed by atoms with Crippen molar-refractivity contribution in [2.24, 2.45) is 5.41 Å². The van der Waals surface area contributed by atoms with Crippen LogP contribution in [0.2, 0.25) is 0 Å². The number of piperazine rings is 1. The van der Waals surface area contributed by atoms with Crippen molar-refractivity contribution in [2.45, 2.75) is 46.6 Å². The number of rotatable bonds is 3. The van der Waals surface area contributed by atoms with E-state index in [9.17, 15) is 4.79 Å². The normalized spacial score (nSPS) is 16.4. The van der Waals surface area contributed by atoms with Gasteiger partial charge in [0.2, 0.25) is 0 Å². The van der Waals surface area contributed by atoms with Crippen LogP contribution in [0.5, 0.6) is 0 Å². The van der Waals surface area contributed by atoms with Gasteiger partial charge >= 0.3 is 6.03 Å². The molecule has 0 saturated carbocycles. The topological polar surface area (TPSA) is 35.6 Å². The molecule has 1 fully saturated rings. The molecule has 1 heterocycles. The van der Waals surface area contributed by atoms with Crippen LogP contribution < -0.4 is 10.2 Å². The van der Waals surface area contributed by atoms with Gasteiger partial charge in [-0.1, -0.05) is 39.0 Å². The van der Waals surface area contributed by atoms with Gasteiger partial charge in [-0.2, -0.15) is 0 Å². The van der Waals surface area contributed by atoms with Crippen LogP contribution in [0.25, 0.3) is 0 Å². The van der Waals surface area contributed by atoms with Crippen molar-refractivity contribution >= 4 is 11.7 Å². The molecule has 1 saturated heterocycles. The summed E-state index contributed by atoms with van der Waals surface area (Å²) in [5.41, 5.74) is 1.25. The number of amides is 2. The SMILES string of the molecule is CC(C)(C)CC(C)(C)NC(=O)N1CCN(c2ccccc2)CC1. The number of anilines is 1. The lowest BCUT2D eigenvalue weighted by molar-refractivity contribution is 0.172. The van der Waals surface area contributed by atoms with Crippen LogP contribution in [0.3, 0.4) is 0 Å². The molecule has 1 aromatic rings. The molecule has 0 atom stereocenters. The first-order chi connectivity index (χ1) is 10.7. The molecule has 1 aliphatic heterocycles. The Morgan fingerprint density at radius 2 is 1.57 bits per heavy atom. The maximum absolute atomic E-state index is 12.5. The second-order valence-electron chi connectivity index (χ2n) is 8.36. The van der Waals surface area contributed by atoms with Crippen molar-refractivity contribution in [1.29, 1.82) is 0 Å². The molecule has 23 heavy (non-hydrogen) atoms. The van der Waals surface area contributed by atoms with Crippen molar-refractivity contribution < 1.29 is 4.79 Å². The molecule has 0 unspecified atom stereocenters. The smallest absolute Gasteiger partial charge is 0.317 e. The molecule has 2 rings (SSSR count). The molecule has 4 heteroatoms. The van der Waals surface area contributed by atoms with Crippen LogP contribution >= 0.6 is 0 Å². The molecule has 128 valence electrons. The third kappa shape index (κ3) is 5.45. The minimum atomic E-state index is -0.189. The molecule has 1 N–H and O–H groups in total. The second kappa shape index (κ2) is 6.81. The number of urea groups is 1. The van der Waals surface area contributed by atoms with Crippen molar-refractivity contribution in [1.82, 2.24) is 10.2 Å². The van der Waals surface area contributed by atoms with E-state index < -0.39 is 0 Å². The fraction of sp³-hybridized carbons (Fsp3) is 0.632. The Hall–Kier alpha value is -1.71. The van der Waals surface area contributed by atoms with Gasteiger partial charge in [0.1, 0.15) is 0 Å². The van der Waals surface area contributed by atoms with Crippen molar-refractivity contribution in [3.63, 3.8) is 0 Å². The van der Waals surface area contributed by atoms with Gasteiger partial charge in [-0.15, -0.1) is 0 Å². The zero-order chi connectivity index (χ0) is 17.1. The van der Waals surface area contributed by atoms with E-state index in [1.54, 1.807) is 0 Å². The Balaban J connectivity index is 1.86. The average Bonchev–Trinajstić information content (AvgIpc) is 2.45. The molecular weight excluding hydrogens is 286 g/mol. The van der Waals surface area contributed by atoms with Gasteiger partial charge in [-0.25, -0.2) is 4.79 Å². The highest BCUT2D eigenvalue weighted by atomic mass is 16.2. The Morgan fingerprint density at radius 3 is 2.09 bits per heavy atom. The summed E-state index contributed by atoms with van der Waals surface area (Å²) in [4.78, 5) is 16.8. The largest absolute Gasteiger partial charge is 0.368 e. The van der Waals surface area contributed by atoms with E-state index >= 15 is 0 Å². The molecular formula is C19H31N3O. The molecule has 1 aliphatic rings. The van der Waals surface area contributed by atoms with Crippen molar-refractivity contribution in [3.8, 4) is 0 Å². The van der Waals surface area contributed by atoms with Crippen LogP contribution in [0.15, 0.2) is 30.3 Å². The number of nitrogens with one attached hydrogen (secondary N) is 1. The van der Waals surface area contributed by atoms with Gasteiger partial charge in [0.05, 0.1) is 0 Å². The van der Waals surface area contributed by atoms with E-state index in [1.807, 2.05) is 11.0 Å². The van der Waals surface area contributed by atoms with Gasteiger partial charge in [0, 0.05) is 37.4 Å². The number of carbonyl (C=O) groups is 1. The minimum Gasteiger partial charge on any atom is -0.368 e. The highest BCUT2D eigenvalue weighted by molar-refractivity contribution is 5.75. The number of carbonyl (C=O) groups excluding carboxylic acids is 1. The summed E-state index contributed by atoms with van der Waals surface area (Å²) in [6.07, 6.45) is 0.954. The first kappa shape index (κ1) is 17.6. The van der Waals surface area contributed by atoms with Crippen LogP contribution in [0.4, 0.5) is 10.5 Å². The summed E-state index contributed by atoms with van der Waals surface area (Å²) >= 11 is 0. The third-order valence-electron chi connectivity index (χ3n) is 4.11. The fourth-order valence-corrected chi connectivity index (χ4v) is 3.55. The van der Waals surface area contributed by atoms with Gasteiger partial charge in [0.25, 0.3) is 0 Å². The zero-order valence-electron chi connectivity index (χ0n) is 15.2. The maximum Gasteiger partial charge on any atom is 0.317 e. The van der Waals surface area contributed by atoms with Crippen LogP contribution in [-0.2, 0) is 0 Å². The third-order valence-corrected chi connectivity index (χ3v) is 4.11. The van der Waals surface area contributed by atoms with E-state index in [4.69, 9.17) is 0 Å². The molecule has 0 aromatic heterocycles. The molecule has 4 nitrogen and oxygen atoms in total. The van der Waals surface area contributed by atoms with Crippen molar-refractivity contribution in [3.05, 3.63) is 30.3 Å². The van der Waals surface area contributed by atoms with Crippen LogP contribution in [-0.4, -0.2) is 42.6 Å². The van der Waals surface area contributed by atoms with E-state index in [0.717, 1.165) is 32.6 Å². The van der Waals surface area contributed by atoms with Crippen LogP contribution in [0.1, 0.15) is 41.0 Å². The highest BCUT2D eigenvalue weighted by Gasteiger charge is 2.30. The lowest BCUT2D eigenvalue weighted by atomic mass is 9.82. The Kier molecular flexibility index (Phi) is 5.23. The predicted octanol–water partition coefficient (Wildman–Crippen LogP) is 3.73. The van der Waals surface area contributed by atoms with Gasteiger partial charge in [-0.05, 0) is 37.8 Å².